The van der Waals surface area contributed by atoms with Crippen molar-refractivity contribution in [1.82, 2.24) is 29.9 Å². The lowest BCUT2D eigenvalue weighted by Crippen LogP contribution is -2.50. The fourth-order valence-corrected chi connectivity index (χ4v) is 3.30. The Hall–Kier alpha value is -2.45. The highest BCUT2D eigenvalue weighted by atomic mass is 16.6. The van der Waals surface area contributed by atoms with Crippen molar-refractivity contribution in [2.24, 2.45) is 5.92 Å². The molecule has 1 amide bonds. The Bertz CT molecular complexity index is 753. The number of nitrogens with zero attached hydrogens (tertiary/aromatic N) is 6. The molecule has 0 aromatic carbocycles. The molecule has 4 heterocycles. The summed E-state index contributed by atoms with van der Waals surface area (Å²) in [5.74, 6) is 1.05. The van der Waals surface area contributed by atoms with E-state index in [9.17, 15) is 4.79 Å². The number of anilines is 1. The molecule has 2 saturated heterocycles. The number of amides is 1. The molecule has 5 rings (SSSR count). The smallest absolute Gasteiger partial charge is 0.410 e. The minimum absolute atomic E-state index is 0.132. The van der Waals surface area contributed by atoms with E-state index in [1.54, 1.807) is 16.9 Å². The highest BCUT2D eigenvalue weighted by Gasteiger charge is 2.55. The highest BCUT2D eigenvalue weighted by molar-refractivity contribution is 5.71. The van der Waals surface area contributed by atoms with E-state index in [-0.39, 0.29) is 18.2 Å². The summed E-state index contributed by atoms with van der Waals surface area (Å²) < 4.78 is 7.05. The molecule has 23 heavy (non-hydrogen) atoms. The van der Waals surface area contributed by atoms with Gasteiger partial charge in [-0.1, -0.05) is 0 Å². The van der Waals surface area contributed by atoms with Crippen LogP contribution in [0.5, 0.6) is 0 Å². The summed E-state index contributed by atoms with van der Waals surface area (Å²) in [5.41, 5.74) is 0.107. The van der Waals surface area contributed by atoms with Crippen LogP contribution in [0.25, 0.3) is 5.65 Å². The van der Waals surface area contributed by atoms with E-state index in [1.165, 1.54) is 0 Å². The minimum atomic E-state index is -0.479. The molecule has 9 nitrogen and oxygen atoms in total. The molecule has 3 fully saturated rings. The van der Waals surface area contributed by atoms with Crippen LogP contribution in [-0.2, 0) is 4.74 Å². The van der Waals surface area contributed by atoms with E-state index in [0.717, 1.165) is 6.42 Å². The van der Waals surface area contributed by atoms with Crippen LogP contribution < -0.4 is 5.32 Å². The Balaban J connectivity index is 1.49. The number of aromatic nitrogens is 5. The number of ether oxygens (including phenoxy) is 1. The summed E-state index contributed by atoms with van der Waals surface area (Å²) in [6, 6.07) is 0.297. The molecule has 0 radical (unpaired) electrons. The predicted molar refractivity (Wildman–Crippen MR) is 80.8 cm³/mol. The zero-order valence-electron chi connectivity index (χ0n) is 13.3. The van der Waals surface area contributed by atoms with Gasteiger partial charge in [0.2, 0.25) is 5.65 Å². The summed E-state index contributed by atoms with van der Waals surface area (Å²) in [5, 5.41) is 14.9. The summed E-state index contributed by atoms with van der Waals surface area (Å²) in [6.45, 7) is 6.35. The number of nitrogens with one attached hydrogen (secondary N) is 1. The van der Waals surface area contributed by atoms with Crippen LogP contribution >= 0.6 is 0 Å². The molecule has 1 aliphatic carbocycles. The van der Waals surface area contributed by atoms with E-state index in [0.29, 0.717) is 23.9 Å². The van der Waals surface area contributed by atoms with Gasteiger partial charge in [-0.3, -0.25) is 0 Å². The quantitative estimate of drug-likeness (QED) is 0.880. The summed E-state index contributed by atoms with van der Waals surface area (Å²) in [4.78, 5) is 18.4. The third-order valence-electron chi connectivity index (χ3n) is 4.35. The number of tetrazole rings is 1. The molecule has 9 heteroatoms. The maximum absolute atomic E-state index is 12.3. The SMILES string of the molecule is CC(C)(C)OC(=O)N1CC2CC1C2Nc1nccn2nnnc12. The van der Waals surface area contributed by atoms with Crippen molar-refractivity contribution in [3.8, 4) is 0 Å². The molecule has 2 aromatic heterocycles. The molecule has 2 aliphatic heterocycles. The first-order chi connectivity index (χ1) is 10.9. The fraction of sp³-hybridized carbons (Fsp3) is 0.643. The van der Waals surface area contributed by atoms with Crippen LogP contribution in [0.15, 0.2) is 12.4 Å². The summed E-state index contributed by atoms with van der Waals surface area (Å²) in [6.07, 6.45) is 4.09. The van der Waals surface area contributed by atoms with E-state index >= 15 is 0 Å². The van der Waals surface area contributed by atoms with Crippen molar-refractivity contribution in [2.45, 2.75) is 44.9 Å². The largest absolute Gasteiger partial charge is 0.444 e. The van der Waals surface area contributed by atoms with Gasteiger partial charge in [-0.15, -0.1) is 5.10 Å². The third-order valence-corrected chi connectivity index (χ3v) is 4.35. The van der Waals surface area contributed by atoms with E-state index in [1.807, 2.05) is 25.7 Å². The predicted octanol–water partition coefficient (Wildman–Crippen LogP) is 0.939. The van der Waals surface area contributed by atoms with Gasteiger partial charge in [0.15, 0.2) is 5.82 Å². The second kappa shape index (κ2) is 4.77. The number of hydrogen-bond donors (Lipinski definition) is 1. The average molecular weight is 317 g/mol. The van der Waals surface area contributed by atoms with Crippen molar-refractivity contribution < 1.29 is 9.53 Å². The first-order valence-electron chi connectivity index (χ1n) is 7.71. The first-order valence-corrected chi connectivity index (χ1v) is 7.71. The number of rotatable bonds is 2. The second-order valence-corrected chi connectivity index (χ2v) is 7.09. The average Bonchev–Trinajstić information content (AvgIpc) is 3.15. The number of carbonyl (C=O) groups is 1. The van der Waals surface area contributed by atoms with Crippen molar-refractivity contribution in [1.29, 1.82) is 0 Å². The molecule has 2 aromatic rings. The van der Waals surface area contributed by atoms with E-state index in [4.69, 9.17) is 4.74 Å². The van der Waals surface area contributed by atoms with Gasteiger partial charge in [-0.2, -0.15) is 4.52 Å². The lowest BCUT2D eigenvalue weighted by molar-refractivity contribution is 0.0239. The van der Waals surface area contributed by atoms with Gasteiger partial charge in [0.05, 0.1) is 18.3 Å². The molecular weight excluding hydrogens is 298 g/mol. The van der Waals surface area contributed by atoms with Gasteiger partial charge in [0, 0.05) is 18.7 Å². The second-order valence-electron chi connectivity index (χ2n) is 7.09. The van der Waals surface area contributed by atoms with Gasteiger partial charge in [-0.25, -0.2) is 9.78 Å². The Labute approximate surface area is 133 Å². The van der Waals surface area contributed by atoms with E-state index in [2.05, 4.69) is 25.8 Å². The maximum atomic E-state index is 12.3. The molecule has 3 aliphatic rings. The van der Waals surface area contributed by atoms with Crippen LogP contribution in [-0.4, -0.2) is 60.2 Å². The van der Waals surface area contributed by atoms with Gasteiger partial charge in [-0.05, 0) is 37.6 Å². The molecule has 3 atom stereocenters. The molecule has 3 unspecified atom stereocenters. The van der Waals surface area contributed by atoms with Crippen molar-refractivity contribution in [3.63, 3.8) is 0 Å². The minimum Gasteiger partial charge on any atom is -0.444 e. The number of hydrogen-bond acceptors (Lipinski definition) is 7. The molecule has 122 valence electrons. The Morgan fingerprint density at radius 2 is 2.26 bits per heavy atom. The monoisotopic (exact) mass is 317 g/mol. The first kappa shape index (κ1) is 14.2. The van der Waals surface area contributed by atoms with Crippen molar-refractivity contribution in [3.05, 3.63) is 12.4 Å². The molecule has 0 spiro atoms. The zero-order valence-corrected chi connectivity index (χ0v) is 13.3. The molecule has 2 bridgehead atoms. The van der Waals surface area contributed by atoms with Crippen LogP contribution in [0.1, 0.15) is 27.2 Å². The Morgan fingerprint density at radius 1 is 1.43 bits per heavy atom. The van der Waals surface area contributed by atoms with Crippen LogP contribution in [0, 0.1) is 5.92 Å². The van der Waals surface area contributed by atoms with E-state index < -0.39 is 5.60 Å². The highest BCUT2D eigenvalue weighted by Crippen LogP contribution is 2.43. The van der Waals surface area contributed by atoms with Gasteiger partial charge in [0.25, 0.3) is 0 Å². The Morgan fingerprint density at radius 3 is 3.04 bits per heavy atom. The molecular formula is C14H19N7O2. The summed E-state index contributed by atoms with van der Waals surface area (Å²) in [7, 11) is 0. The number of fused-ring (bicyclic) bond motifs is 2. The zero-order chi connectivity index (χ0) is 16.2. The third kappa shape index (κ3) is 2.36. The lowest BCUT2D eigenvalue weighted by atomic mass is 9.80. The van der Waals surface area contributed by atoms with Crippen LogP contribution in [0.2, 0.25) is 0 Å². The number of carbonyl (C=O) groups excluding carboxylic acids is 1. The van der Waals surface area contributed by atoms with Gasteiger partial charge in [0.1, 0.15) is 5.60 Å². The Kier molecular flexibility index (Phi) is 2.94. The van der Waals surface area contributed by atoms with Crippen molar-refractivity contribution >= 4 is 17.6 Å². The van der Waals surface area contributed by atoms with Gasteiger partial charge >= 0.3 is 6.09 Å². The molecule has 1 saturated carbocycles. The van der Waals surface area contributed by atoms with Crippen LogP contribution in [0.3, 0.4) is 0 Å². The summed E-state index contributed by atoms with van der Waals surface area (Å²) >= 11 is 0. The topological polar surface area (TPSA) is 97.5 Å². The standard InChI is InChI=1S/C14H19N7O2/c1-14(2,3)23-13(22)20-7-8-6-9(20)10(8)16-11-12-17-18-19-21(12)5-4-15-11/h4-5,8-10H,6-7H2,1-3H3,(H,15,16). The fourth-order valence-electron chi connectivity index (χ4n) is 3.30. The lowest BCUT2D eigenvalue weighted by Gasteiger charge is -2.37. The van der Waals surface area contributed by atoms with Crippen LogP contribution in [0.4, 0.5) is 10.6 Å². The maximum Gasteiger partial charge on any atom is 0.410 e. The van der Waals surface area contributed by atoms with Gasteiger partial charge < -0.3 is 15.0 Å². The van der Waals surface area contributed by atoms with Crippen molar-refractivity contribution in [2.75, 3.05) is 11.9 Å². The molecule has 1 N–H and O–H groups in total. The normalized spacial score (nSPS) is 26.2.